The number of fused-ring (bicyclic) bond motifs is 2. The molecule has 5 heterocycles. The summed E-state index contributed by atoms with van der Waals surface area (Å²) < 4.78 is 6.67. The molecule has 3 aromatic rings. The third-order valence-corrected chi connectivity index (χ3v) is 8.23. The summed E-state index contributed by atoms with van der Waals surface area (Å²) in [6.45, 7) is 3.69. The van der Waals surface area contributed by atoms with Gasteiger partial charge in [-0.3, -0.25) is 14.2 Å². The molecule has 8 nitrogen and oxygen atoms in total. The van der Waals surface area contributed by atoms with Gasteiger partial charge in [-0.2, -0.15) is 0 Å². The van der Waals surface area contributed by atoms with Gasteiger partial charge in [0.15, 0.2) is 0 Å². The Morgan fingerprint density at radius 2 is 1.79 bits per heavy atom. The van der Waals surface area contributed by atoms with Gasteiger partial charge < -0.3 is 9.79 Å². The largest absolute Gasteiger partial charge is 0.553 e. The van der Waals surface area contributed by atoms with E-state index in [1.165, 1.54) is 63.4 Å². The number of nitrogens with zero attached hydrogens (tertiary/aromatic N) is 6. The van der Waals surface area contributed by atoms with Crippen molar-refractivity contribution in [2.45, 2.75) is 57.8 Å². The van der Waals surface area contributed by atoms with Crippen LogP contribution in [0.15, 0.2) is 60.4 Å². The highest BCUT2D eigenvalue weighted by Crippen LogP contribution is 2.38. The molecule has 9 heteroatoms. The van der Waals surface area contributed by atoms with Gasteiger partial charge in [-0.1, -0.05) is 30.2 Å². The summed E-state index contributed by atoms with van der Waals surface area (Å²) in [4.78, 5) is 13.9. The van der Waals surface area contributed by atoms with E-state index in [9.17, 15) is 4.79 Å². The molecule has 1 N–H and O–H groups in total. The molecule has 191 valence electrons. The maximum Gasteiger partial charge on any atom is 0.553 e. The molecule has 1 saturated heterocycles. The van der Waals surface area contributed by atoms with E-state index < -0.39 is 0 Å². The predicted molar refractivity (Wildman–Crippen MR) is 148 cm³/mol. The van der Waals surface area contributed by atoms with Crippen LogP contribution in [0.25, 0.3) is 11.4 Å². The van der Waals surface area contributed by atoms with Crippen LogP contribution in [0.3, 0.4) is 0 Å². The van der Waals surface area contributed by atoms with Crippen LogP contribution in [0, 0.1) is 0 Å². The van der Waals surface area contributed by atoms with Gasteiger partial charge in [-0.05, 0) is 68.0 Å². The molecule has 7 rings (SSSR count). The first kappa shape index (κ1) is 23.3. The zero-order chi connectivity index (χ0) is 25.6. The van der Waals surface area contributed by atoms with Crippen LogP contribution >= 0.6 is 0 Å². The molecule has 4 aliphatic rings. The summed E-state index contributed by atoms with van der Waals surface area (Å²) in [7, 11) is 2.20. The maximum atomic E-state index is 11.6. The lowest BCUT2D eigenvalue weighted by Crippen LogP contribution is -2.43. The van der Waals surface area contributed by atoms with Crippen molar-refractivity contribution in [1.82, 2.24) is 24.3 Å². The molecule has 1 aromatic carbocycles. The molecule has 0 spiro atoms. The van der Waals surface area contributed by atoms with E-state index in [4.69, 9.17) is 0 Å². The Morgan fingerprint density at radius 1 is 1.00 bits per heavy atom. The van der Waals surface area contributed by atoms with E-state index in [2.05, 4.69) is 79.7 Å². The van der Waals surface area contributed by atoms with Crippen molar-refractivity contribution >= 4 is 30.6 Å². The van der Waals surface area contributed by atoms with E-state index in [0.717, 1.165) is 47.1 Å². The molecule has 0 bridgehead atoms. The number of hydrogen-bond acceptors (Lipinski definition) is 3. The average Bonchev–Trinajstić information content (AvgIpc) is 3.74. The molecule has 38 heavy (non-hydrogen) atoms. The molecule has 1 amide bonds. The van der Waals surface area contributed by atoms with Gasteiger partial charge in [0.05, 0.1) is 25.0 Å². The number of hydrogen-bond donors (Lipinski definition) is 1. The van der Waals surface area contributed by atoms with Crippen LogP contribution in [0.5, 0.6) is 0 Å². The van der Waals surface area contributed by atoms with Crippen LogP contribution in [0.4, 0.5) is 5.69 Å². The fourth-order valence-corrected chi connectivity index (χ4v) is 6.36. The Hall–Kier alpha value is -3.88. The first-order valence-corrected chi connectivity index (χ1v) is 13.9. The second-order valence-corrected chi connectivity index (χ2v) is 10.8. The van der Waals surface area contributed by atoms with Crippen molar-refractivity contribution < 1.29 is 9.37 Å². The lowest BCUT2D eigenvalue weighted by molar-refractivity contribution is -0.539. The fourth-order valence-electron chi connectivity index (χ4n) is 6.36. The quantitative estimate of drug-likeness (QED) is 0.424. The standard InChI is InChI=1S/C29H31BN7O/c1-20(38)31-23-11-9-22(10-12-23)29-25-13-15-27(34-17-5-2-6-18-34)36(25)30-37-26(29)14-16-28(37)35-19-24(32-33-35)21-7-3-4-8-21/h9-16,19,21H,2-8,17-18H2,1H3/p+1. The number of carbonyl (C=O) groups is 1. The minimum atomic E-state index is -0.0685. The van der Waals surface area contributed by atoms with Crippen molar-refractivity contribution in [2.24, 2.45) is 0 Å². The monoisotopic (exact) mass is 505 g/mol. The number of piperidine rings is 1. The number of aromatic nitrogens is 4. The van der Waals surface area contributed by atoms with Crippen LogP contribution in [0.2, 0.25) is 0 Å². The SMILES string of the molecule is CC(=O)Nc1ccc(C2=C3C=CC(=[N+]4CCCCC4)N3[B]n3c2ccc3-n2cc(C3CCCC3)nn2)cc1. The summed E-state index contributed by atoms with van der Waals surface area (Å²) in [5.41, 5.74) is 6.44. The predicted octanol–water partition coefficient (Wildman–Crippen LogP) is 4.31. The van der Waals surface area contributed by atoms with Crippen molar-refractivity contribution in [3.8, 4) is 5.82 Å². The van der Waals surface area contributed by atoms with Crippen molar-refractivity contribution in [1.29, 1.82) is 0 Å². The minimum Gasteiger partial charge on any atom is -0.329 e. The molecular formula is C29H32BN7O+. The normalized spacial score (nSPS) is 19.1. The van der Waals surface area contributed by atoms with Crippen LogP contribution in [0.1, 0.15) is 74.7 Å². The molecule has 1 saturated carbocycles. The molecular weight excluding hydrogens is 473 g/mol. The van der Waals surface area contributed by atoms with Gasteiger partial charge in [-0.25, -0.2) is 4.68 Å². The number of amides is 1. The van der Waals surface area contributed by atoms with Gasteiger partial charge >= 0.3 is 7.55 Å². The van der Waals surface area contributed by atoms with E-state index in [1.807, 2.05) is 16.8 Å². The number of amidine groups is 1. The molecule has 1 aliphatic carbocycles. The lowest BCUT2D eigenvalue weighted by atomic mass is 9.91. The molecule has 2 aromatic heterocycles. The smallest absolute Gasteiger partial charge is 0.329 e. The highest BCUT2D eigenvalue weighted by atomic mass is 16.1. The van der Waals surface area contributed by atoms with Gasteiger partial charge in [0.25, 0.3) is 5.84 Å². The highest BCUT2D eigenvalue weighted by Gasteiger charge is 2.40. The summed E-state index contributed by atoms with van der Waals surface area (Å²) in [6.07, 6.45) is 15.3. The minimum absolute atomic E-state index is 0.0685. The molecule has 1 radical (unpaired) electrons. The van der Waals surface area contributed by atoms with Crippen molar-refractivity contribution in [3.05, 3.63) is 77.4 Å². The van der Waals surface area contributed by atoms with E-state index in [0.29, 0.717) is 5.92 Å². The Bertz CT molecular complexity index is 1480. The second kappa shape index (κ2) is 9.46. The van der Waals surface area contributed by atoms with E-state index in [-0.39, 0.29) is 5.91 Å². The highest BCUT2D eigenvalue weighted by molar-refractivity contribution is 6.40. The third kappa shape index (κ3) is 4.01. The number of anilines is 1. The Morgan fingerprint density at radius 3 is 2.55 bits per heavy atom. The first-order chi connectivity index (χ1) is 18.7. The topological polar surface area (TPSA) is 71.0 Å². The van der Waals surface area contributed by atoms with Gasteiger partial charge in [0.1, 0.15) is 11.5 Å². The van der Waals surface area contributed by atoms with E-state index >= 15 is 0 Å². The second-order valence-electron chi connectivity index (χ2n) is 10.8. The van der Waals surface area contributed by atoms with Crippen molar-refractivity contribution in [2.75, 3.05) is 18.4 Å². The van der Waals surface area contributed by atoms with Crippen molar-refractivity contribution in [3.63, 3.8) is 0 Å². The van der Waals surface area contributed by atoms with Gasteiger partial charge in [0.2, 0.25) is 5.91 Å². The number of carbonyl (C=O) groups excluding carboxylic acids is 1. The Labute approximate surface area is 223 Å². The Balaban J connectivity index is 1.33. The first-order valence-electron chi connectivity index (χ1n) is 13.9. The molecule has 3 aliphatic heterocycles. The number of benzene rings is 1. The zero-order valence-corrected chi connectivity index (χ0v) is 21.8. The Kier molecular flexibility index (Phi) is 5.79. The number of rotatable bonds is 4. The third-order valence-electron chi connectivity index (χ3n) is 8.23. The summed E-state index contributed by atoms with van der Waals surface area (Å²) in [6, 6.07) is 12.4. The summed E-state index contributed by atoms with van der Waals surface area (Å²) >= 11 is 0. The van der Waals surface area contributed by atoms with E-state index in [1.54, 1.807) is 0 Å². The summed E-state index contributed by atoms with van der Waals surface area (Å²) in [5.74, 6) is 2.66. The molecule has 0 unspecified atom stereocenters. The number of nitrogens with one attached hydrogen (secondary N) is 1. The lowest BCUT2D eigenvalue weighted by Gasteiger charge is -2.27. The fraction of sp³-hybridized carbons (Fsp3) is 0.379. The maximum absolute atomic E-state index is 11.6. The van der Waals surface area contributed by atoms with Crippen LogP contribution in [-0.4, -0.2) is 61.2 Å². The number of allylic oxidation sites excluding steroid dienone is 1. The molecule has 2 fully saturated rings. The molecule has 0 atom stereocenters. The van der Waals surface area contributed by atoms with Gasteiger partial charge in [-0.15, -0.1) is 5.10 Å². The van der Waals surface area contributed by atoms with Crippen LogP contribution < -0.4 is 5.32 Å². The van der Waals surface area contributed by atoms with Gasteiger partial charge in [0, 0.05) is 35.9 Å². The zero-order valence-electron chi connectivity index (χ0n) is 21.8. The summed E-state index contributed by atoms with van der Waals surface area (Å²) in [5, 5.41) is 12.0. The van der Waals surface area contributed by atoms with Crippen LogP contribution in [-0.2, 0) is 4.79 Å². The average molecular weight is 505 g/mol.